The molecule has 0 fully saturated rings. The summed E-state index contributed by atoms with van der Waals surface area (Å²) in [5.41, 5.74) is 19.6. The fourth-order valence-electron chi connectivity index (χ4n) is 11.2. The van der Waals surface area contributed by atoms with Crippen molar-refractivity contribution < 1.29 is 0 Å². The molecule has 0 saturated carbocycles. The standard InChI is InChI=1S/C62H50N4/c1-37(2)41-19-23-45(24-20-41)63(43-13-9-7-10-14-43)53-31-29-47-51-35-58-52(36-57(51)65-55-33-39(5)17-27-49(55)59(53)61(47)65)48-30-32-54(60-50-28-18-40(6)34-56(50)66(58)62(48)60)64(44-15-11-8-12-16-44)46-25-21-42(22-26-46)38(3)4/h7-38H,1-6H3. The van der Waals surface area contributed by atoms with Crippen molar-refractivity contribution in [2.75, 3.05) is 9.80 Å². The predicted molar refractivity (Wildman–Crippen MR) is 283 cm³/mol. The Bertz CT molecular complexity index is 3720. The molecule has 0 N–H and O–H groups in total. The highest BCUT2D eigenvalue weighted by molar-refractivity contribution is 6.32. The number of para-hydroxylation sites is 2. The Hall–Kier alpha value is -7.82. The lowest BCUT2D eigenvalue weighted by Gasteiger charge is -2.27. The van der Waals surface area contributed by atoms with E-state index in [1.54, 1.807) is 0 Å². The summed E-state index contributed by atoms with van der Waals surface area (Å²) in [6, 6.07) is 68.5. The lowest BCUT2D eigenvalue weighted by Crippen LogP contribution is -2.10. The molecule has 0 aliphatic rings. The summed E-state index contributed by atoms with van der Waals surface area (Å²) in [6.45, 7) is 13.5. The van der Waals surface area contributed by atoms with Crippen LogP contribution in [0, 0.1) is 13.8 Å². The molecule has 4 heteroatoms. The van der Waals surface area contributed by atoms with Crippen LogP contribution in [0.2, 0.25) is 0 Å². The molecule has 318 valence electrons. The van der Waals surface area contributed by atoms with Crippen molar-refractivity contribution in [3.63, 3.8) is 0 Å². The van der Waals surface area contributed by atoms with Gasteiger partial charge in [-0.15, -0.1) is 0 Å². The first-order valence-corrected chi connectivity index (χ1v) is 23.5. The van der Waals surface area contributed by atoms with Gasteiger partial charge in [-0.25, -0.2) is 0 Å². The minimum atomic E-state index is 0.459. The van der Waals surface area contributed by atoms with Gasteiger partial charge < -0.3 is 18.6 Å². The van der Waals surface area contributed by atoms with E-state index in [0.29, 0.717) is 11.8 Å². The number of hydrogen-bond donors (Lipinski definition) is 0. The van der Waals surface area contributed by atoms with Gasteiger partial charge in [0.25, 0.3) is 0 Å². The summed E-state index contributed by atoms with van der Waals surface area (Å²) >= 11 is 0. The fourth-order valence-corrected chi connectivity index (χ4v) is 11.2. The van der Waals surface area contributed by atoms with E-state index in [-0.39, 0.29) is 0 Å². The zero-order valence-electron chi connectivity index (χ0n) is 38.3. The van der Waals surface area contributed by atoms with Crippen molar-refractivity contribution in [3.05, 3.63) is 204 Å². The van der Waals surface area contributed by atoms with Gasteiger partial charge in [0.15, 0.2) is 0 Å². The molecule has 4 nitrogen and oxygen atoms in total. The Morgan fingerprint density at radius 3 is 1.06 bits per heavy atom. The number of anilines is 6. The third-order valence-corrected chi connectivity index (χ3v) is 14.4. The lowest BCUT2D eigenvalue weighted by atomic mass is 10.0. The number of nitrogens with zero attached hydrogens (tertiary/aromatic N) is 4. The van der Waals surface area contributed by atoms with Gasteiger partial charge in [-0.05, 0) is 133 Å². The Kier molecular flexibility index (Phi) is 8.39. The van der Waals surface area contributed by atoms with Crippen LogP contribution in [0.3, 0.4) is 0 Å². The van der Waals surface area contributed by atoms with Crippen LogP contribution in [0.1, 0.15) is 61.8 Å². The van der Waals surface area contributed by atoms with Gasteiger partial charge in [0.2, 0.25) is 0 Å². The topological polar surface area (TPSA) is 15.3 Å². The zero-order valence-corrected chi connectivity index (χ0v) is 38.3. The number of hydrogen-bond acceptors (Lipinski definition) is 2. The van der Waals surface area contributed by atoms with E-state index in [4.69, 9.17) is 0 Å². The van der Waals surface area contributed by atoms with Gasteiger partial charge in [0.05, 0.1) is 44.5 Å². The van der Waals surface area contributed by atoms with Crippen LogP contribution in [-0.2, 0) is 0 Å². The quantitative estimate of drug-likeness (QED) is 0.151. The lowest BCUT2D eigenvalue weighted by molar-refractivity contribution is 0.866. The van der Waals surface area contributed by atoms with Crippen molar-refractivity contribution in [2.24, 2.45) is 0 Å². The minimum Gasteiger partial charge on any atom is -0.310 e. The molecule has 0 amide bonds. The molecule has 4 aromatic heterocycles. The summed E-state index contributed by atoms with van der Waals surface area (Å²) in [7, 11) is 0. The highest BCUT2D eigenvalue weighted by Gasteiger charge is 2.28. The Morgan fingerprint density at radius 2 is 0.682 bits per heavy atom. The van der Waals surface area contributed by atoms with Gasteiger partial charge in [0, 0.05) is 65.8 Å². The molecule has 13 rings (SSSR count). The number of aromatic nitrogens is 2. The molecule has 0 radical (unpaired) electrons. The maximum atomic E-state index is 2.57. The second kappa shape index (κ2) is 14.3. The monoisotopic (exact) mass is 850 g/mol. The van der Waals surface area contributed by atoms with E-state index < -0.39 is 0 Å². The first-order chi connectivity index (χ1) is 32.2. The van der Waals surface area contributed by atoms with Gasteiger partial charge >= 0.3 is 0 Å². The third kappa shape index (κ3) is 5.51. The fraction of sp³-hybridized carbons (Fsp3) is 0.129. The largest absolute Gasteiger partial charge is 0.310 e. The van der Waals surface area contributed by atoms with Crippen LogP contribution in [0.5, 0.6) is 0 Å². The van der Waals surface area contributed by atoms with E-state index in [1.807, 2.05) is 0 Å². The molecule has 0 atom stereocenters. The number of benzene rings is 9. The summed E-state index contributed by atoms with van der Waals surface area (Å²) in [6.07, 6.45) is 0. The second-order valence-corrected chi connectivity index (χ2v) is 19.1. The van der Waals surface area contributed by atoms with Crippen LogP contribution in [-0.4, -0.2) is 8.80 Å². The summed E-state index contributed by atoms with van der Waals surface area (Å²) < 4.78 is 5.13. The van der Waals surface area contributed by atoms with Crippen LogP contribution in [0.15, 0.2) is 182 Å². The molecule has 0 spiro atoms. The number of rotatable bonds is 8. The van der Waals surface area contributed by atoms with Crippen molar-refractivity contribution in [1.82, 2.24) is 8.80 Å². The number of fused-ring (bicyclic) bond motifs is 12. The predicted octanol–water partition coefficient (Wildman–Crippen LogP) is 17.8. The van der Waals surface area contributed by atoms with E-state index in [1.165, 1.54) is 110 Å². The Balaban J connectivity index is 1.11. The van der Waals surface area contributed by atoms with E-state index >= 15 is 0 Å². The molecule has 13 aromatic rings. The molecular formula is C62H50N4. The van der Waals surface area contributed by atoms with E-state index in [0.717, 1.165) is 22.7 Å². The maximum Gasteiger partial charge on any atom is 0.0641 e. The molecule has 0 saturated heterocycles. The summed E-state index contributed by atoms with van der Waals surface area (Å²) in [5.74, 6) is 0.918. The molecule has 0 aliphatic heterocycles. The zero-order chi connectivity index (χ0) is 44.5. The molecule has 4 heterocycles. The first kappa shape index (κ1) is 38.6. The third-order valence-electron chi connectivity index (χ3n) is 14.4. The summed E-state index contributed by atoms with van der Waals surface area (Å²) in [4.78, 5) is 4.90. The van der Waals surface area contributed by atoms with Gasteiger partial charge in [0.1, 0.15) is 0 Å². The minimum absolute atomic E-state index is 0.459. The second-order valence-electron chi connectivity index (χ2n) is 19.1. The summed E-state index contributed by atoms with van der Waals surface area (Å²) in [5, 5.41) is 10.1. The first-order valence-electron chi connectivity index (χ1n) is 23.5. The van der Waals surface area contributed by atoms with Crippen LogP contribution < -0.4 is 9.80 Å². The van der Waals surface area contributed by atoms with Crippen molar-refractivity contribution in [1.29, 1.82) is 0 Å². The highest BCUT2D eigenvalue weighted by Crippen LogP contribution is 2.51. The van der Waals surface area contributed by atoms with Crippen molar-refractivity contribution in [2.45, 2.75) is 53.4 Å². The smallest absolute Gasteiger partial charge is 0.0641 e. The van der Waals surface area contributed by atoms with Crippen molar-refractivity contribution >= 4 is 110 Å². The van der Waals surface area contributed by atoms with Gasteiger partial charge in [-0.1, -0.05) is 125 Å². The van der Waals surface area contributed by atoms with Crippen LogP contribution in [0.25, 0.3) is 76.2 Å². The Morgan fingerprint density at radius 1 is 0.333 bits per heavy atom. The SMILES string of the molecule is Cc1ccc2c3c(N(c4ccccc4)c4ccc(C(C)C)cc4)ccc4c5cc6c(cc5n(c2c1)c43)c1ccc(N(c2ccccc2)c2ccc(C(C)C)cc2)c2c3ccc(C)cc3n6c12. The average molecular weight is 851 g/mol. The maximum absolute atomic E-state index is 2.57. The molecule has 0 bridgehead atoms. The Labute approximate surface area is 384 Å². The molecule has 9 aromatic carbocycles. The van der Waals surface area contributed by atoms with E-state index in [9.17, 15) is 0 Å². The number of aryl methyl sites for hydroxylation is 2. The molecule has 0 aliphatic carbocycles. The average Bonchev–Trinajstić information content (AvgIpc) is 4.06. The van der Waals surface area contributed by atoms with Gasteiger partial charge in [-0.3, -0.25) is 0 Å². The highest BCUT2D eigenvalue weighted by atomic mass is 15.2. The molecule has 66 heavy (non-hydrogen) atoms. The van der Waals surface area contributed by atoms with Crippen LogP contribution in [0.4, 0.5) is 34.1 Å². The molecule has 0 unspecified atom stereocenters. The van der Waals surface area contributed by atoms with E-state index in [2.05, 4.69) is 242 Å². The van der Waals surface area contributed by atoms with Crippen LogP contribution >= 0.6 is 0 Å². The van der Waals surface area contributed by atoms with Gasteiger partial charge in [-0.2, -0.15) is 0 Å². The normalized spacial score (nSPS) is 12.4. The van der Waals surface area contributed by atoms with Crippen molar-refractivity contribution in [3.8, 4) is 0 Å². The molecular weight excluding hydrogens is 801 g/mol.